The zero-order valence-electron chi connectivity index (χ0n) is 12.9. The Morgan fingerprint density at radius 2 is 1.96 bits per heavy atom. The average molecular weight is 340 g/mol. The summed E-state index contributed by atoms with van der Waals surface area (Å²) in [6.07, 6.45) is -4.04. The molecule has 0 radical (unpaired) electrons. The second kappa shape index (κ2) is 7.73. The van der Waals surface area contributed by atoms with Gasteiger partial charge in [-0.1, -0.05) is 12.1 Å². The minimum atomic E-state index is -1.49. The Kier molecular flexibility index (Phi) is 5.92. The van der Waals surface area contributed by atoms with E-state index in [9.17, 15) is 25.2 Å². The number of benzene rings is 1. The number of aliphatic carboxylic acids is 1. The molecule has 0 spiro atoms. The fourth-order valence-corrected chi connectivity index (χ4v) is 2.59. The Morgan fingerprint density at radius 1 is 1.25 bits per heavy atom. The van der Waals surface area contributed by atoms with E-state index in [1.807, 2.05) is 0 Å². The van der Waals surface area contributed by atoms with Gasteiger partial charge in [0, 0.05) is 11.6 Å². The highest BCUT2D eigenvalue weighted by molar-refractivity contribution is 5.85. The first-order valence-corrected chi connectivity index (χ1v) is 7.28. The van der Waals surface area contributed by atoms with Gasteiger partial charge in [0.25, 0.3) is 0 Å². The molecule has 1 saturated heterocycles. The zero-order chi connectivity index (χ0) is 17.9. The van der Waals surface area contributed by atoms with Gasteiger partial charge in [-0.25, -0.2) is 4.79 Å². The highest BCUT2D eigenvalue weighted by Gasteiger charge is 2.44. The molecule has 132 valence electrons. The van der Waals surface area contributed by atoms with Crippen molar-refractivity contribution in [2.24, 2.45) is 0 Å². The van der Waals surface area contributed by atoms with Gasteiger partial charge in [0.1, 0.15) is 36.3 Å². The van der Waals surface area contributed by atoms with Crippen molar-refractivity contribution in [2.75, 3.05) is 13.7 Å². The van der Waals surface area contributed by atoms with Crippen molar-refractivity contribution in [1.82, 2.24) is 0 Å². The van der Waals surface area contributed by atoms with E-state index in [1.165, 1.54) is 13.2 Å². The van der Waals surface area contributed by atoms with Crippen LogP contribution in [0.5, 0.6) is 5.75 Å². The van der Waals surface area contributed by atoms with Gasteiger partial charge in [0.05, 0.1) is 13.7 Å². The summed E-state index contributed by atoms with van der Waals surface area (Å²) in [5.74, 6) is -0.779. The third kappa shape index (κ3) is 3.74. The van der Waals surface area contributed by atoms with Crippen molar-refractivity contribution in [3.05, 3.63) is 35.4 Å². The molecule has 1 aromatic rings. The van der Waals surface area contributed by atoms with Crippen LogP contribution in [0.3, 0.4) is 0 Å². The van der Waals surface area contributed by atoms with Crippen molar-refractivity contribution in [1.29, 1.82) is 0 Å². The Balaban J connectivity index is 2.34. The van der Waals surface area contributed by atoms with E-state index in [4.69, 9.17) is 14.6 Å². The van der Waals surface area contributed by atoms with Crippen LogP contribution in [0.25, 0.3) is 6.08 Å². The molecule has 1 fully saturated rings. The SMILES string of the molecule is COc1cc(C=CC(=O)O)ccc1C1O[C@H](CO)[C@@H](O)[C@H](O)[C@H]1O. The number of hydrogen-bond acceptors (Lipinski definition) is 7. The van der Waals surface area contributed by atoms with E-state index >= 15 is 0 Å². The van der Waals surface area contributed by atoms with Crippen molar-refractivity contribution in [3.63, 3.8) is 0 Å². The number of rotatable bonds is 5. The summed E-state index contributed by atoms with van der Waals surface area (Å²) in [5.41, 5.74) is 0.962. The summed E-state index contributed by atoms with van der Waals surface area (Å²) in [4.78, 5) is 10.6. The summed E-state index contributed by atoms with van der Waals surface area (Å²) in [6, 6.07) is 4.71. The van der Waals surface area contributed by atoms with Crippen LogP contribution in [0, 0.1) is 0 Å². The molecule has 1 aliphatic rings. The third-order valence-corrected chi connectivity index (χ3v) is 3.87. The molecule has 24 heavy (non-hydrogen) atoms. The average Bonchev–Trinajstić information content (AvgIpc) is 2.58. The number of methoxy groups -OCH3 is 1. The van der Waals surface area contributed by atoms with E-state index in [-0.39, 0.29) is 0 Å². The fraction of sp³-hybridized carbons (Fsp3) is 0.438. The molecule has 0 aromatic heterocycles. The van der Waals surface area contributed by atoms with Crippen LogP contribution in [-0.2, 0) is 9.53 Å². The van der Waals surface area contributed by atoms with Gasteiger partial charge < -0.3 is 35.0 Å². The fourth-order valence-electron chi connectivity index (χ4n) is 2.59. The van der Waals surface area contributed by atoms with Gasteiger partial charge >= 0.3 is 5.97 Å². The molecular weight excluding hydrogens is 320 g/mol. The van der Waals surface area contributed by atoms with Crippen LogP contribution in [-0.4, -0.2) is 69.6 Å². The van der Waals surface area contributed by atoms with Crippen LogP contribution in [0.1, 0.15) is 17.2 Å². The molecule has 8 heteroatoms. The second-order valence-electron chi connectivity index (χ2n) is 5.42. The molecule has 0 saturated carbocycles. The molecule has 5 atom stereocenters. The molecule has 2 rings (SSSR count). The molecule has 0 amide bonds. The smallest absolute Gasteiger partial charge is 0.328 e. The molecule has 5 N–H and O–H groups in total. The highest BCUT2D eigenvalue weighted by atomic mass is 16.5. The van der Waals surface area contributed by atoms with E-state index in [1.54, 1.807) is 18.2 Å². The maximum atomic E-state index is 10.6. The minimum Gasteiger partial charge on any atom is -0.496 e. The number of hydrogen-bond donors (Lipinski definition) is 5. The molecule has 0 bridgehead atoms. The zero-order valence-corrected chi connectivity index (χ0v) is 12.9. The highest BCUT2D eigenvalue weighted by Crippen LogP contribution is 2.37. The number of carboxylic acids is 1. The Morgan fingerprint density at radius 3 is 2.54 bits per heavy atom. The molecule has 8 nitrogen and oxygen atoms in total. The van der Waals surface area contributed by atoms with Crippen molar-refractivity contribution < 1.29 is 39.8 Å². The van der Waals surface area contributed by atoms with Crippen molar-refractivity contribution in [2.45, 2.75) is 30.5 Å². The number of carboxylic acid groups (broad SMARTS) is 1. The van der Waals surface area contributed by atoms with E-state index < -0.39 is 43.1 Å². The molecule has 1 unspecified atom stereocenters. The van der Waals surface area contributed by atoms with Crippen LogP contribution in [0.15, 0.2) is 24.3 Å². The van der Waals surface area contributed by atoms with Crippen LogP contribution in [0.2, 0.25) is 0 Å². The molecular formula is C16H20O8. The summed E-state index contributed by atoms with van der Waals surface area (Å²) in [6.45, 7) is -0.525. The van der Waals surface area contributed by atoms with Gasteiger partial charge in [-0.3, -0.25) is 0 Å². The maximum Gasteiger partial charge on any atom is 0.328 e. The topological polar surface area (TPSA) is 137 Å². The maximum absolute atomic E-state index is 10.6. The van der Waals surface area contributed by atoms with Gasteiger partial charge in [-0.2, -0.15) is 0 Å². The Bertz CT molecular complexity index is 612. The van der Waals surface area contributed by atoms with Gasteiger partial charge in [-0.05, 0) is 17.7 Å². The van der Waals surface area contributed by atoms with Crippen molar-refractivity contribution >= 4 is 12.0 Å². The number of carbonyl (C=O) groups is 1. The Hall–Kier alpha value is -1.97. The molecule has 1 aromatic carbocycles. The van der Waals surface area contributed by atoms with E-state index in [2.05, 4.69) is 0 Å². The third-order valence-electron chi connectivity index (χ3n) is 3.87. The summed E-state index contributed by atoms with van der Waals surface area (Å²) in [5, 5.41) is 47.8. The quantitative estimate of drug-likeness (QED) is 0.444. The largest absolute Gasteiger partial charge is 0.496 e. The van der Waals surface area contributed by atoms with Crippen molar-refractivity contribution in [3.8, 4) is 5.75 Å². The summed E-state index contributed by atoms with van der Waals surface area (Å²) in [7, 11) is 1.40. The lowest BCUT2D eigenvalue weighted by atomic mass is 9.90. The van der Waals surface area contributed by atoms with Gasteiger partial charge in [-0.15, -0.1) is 0 Å². The second-order valence-corrected chi connectivity index (χ2v) is 5.42. The predicted molar refractivity (Wildman–Crippen MR) is 82.4 cm³/mol. The van der Waals surface area contributed by atoms with Crippen LogP contribution >= 0.6 is 0 Å². The predicted octanol–water partition coefficient (Wildman–Crippen LogP) is -0.692. The number of aliphatic hydroxyl groups is 4. The van der Waals surface area contributed by atoms with Gasteiger partial charge in [0.15, 0.2) is 0 Å². The van der Waals surface area contributed by atoms with Crippen LogP contribution < -0.4 is 4.74 Å². The number of ether oxygens (including phenoxy) is 2. The first-order valence-electron chi connectivity index (χ1n) is 7.28. The van der Waals surface area contributed by atoms with Crippen LogP contribution in [0.4, 0.5) is 0 Å². The molecule has 1 aliphatic heterocycles. The molecule has 0 aliphatic carbocycles. The lowest BCUT2D eigenvalue weighted by Crippen LogP contribution is -2.55. The van der Waals surface area contributed by atoms with E-state index in [0.29, 0.717) is 16.9 Å². The standard InChI is InChI=1S/C16H20O8/c1-23-10-6-8(3-5-12(18)19)2-4-9(10)16-15(22)14(21)13(20)11(7-17)24-16/h2-6,11,13-17,20-22H,7H2,1H3,(H,18,19)/t11-,13-,14+,15-,16?/m1/s1. The monoisotopic (exact) mass is 340 g/mol. The number of aliphatic hydroxyl groups excluding tert-OH is 4. The normalized spacial score (nSPS) is 30.5. The Labute approximate surface area is 138 Å². The summed E-state index contributed by atoms with van der Waals surface area (Å²) >= 11 is 0. The lowest BCUT2D eigenvalue weighted by Gasteiger charge is -2.40. The minimum absolute atomic E-state index is 0.312. The first-order chi connectivity index (χ1) is 11.4. The van der Waals surface area contributed by atoms with Gasteiger partial charge in [0.2, 0.25) is 0 Å². The first kappa shape index (κ1) is 18.4. The molecule has 1 heterocycles. The lowest BCUT2D eigenvalue weighted by molar-refractivity contribution is -0.232. The summed E-state index contributed by atoms with van der Waals surface area (Å²) < 4.78 is 10.7. The van der Waals surface area contributed by atoms with E-state index in [0.717, 1.165) is 6.08 Å².